The van der Waals surface area contributed by atoms with E-state index >= 15 is 0 Å². The lowest BCUT2D eigenvalue weighted by molar-refractivity contribution is -0.385. The Morgan fingerprint density at radius 2 is 1.85 bits per heavy atom. The standard InChI is InChI=1S/C22H24N8O4/c1-14-3-4-15(2)18(11-14)24-20-25-21(27-22(26-20)29-7-9-34-10-8-29)28-23-13-16-12-17(30(32)33)5-6-19(16)31/h3-6,11-13,31H,7-10H2,1-2H3,(H2,24,25,26,27,28)/p-1/b23-13-. The van der Waals surface area contributed by atoms with Crippen molar-refractivity contribution in [3.63, 3.8) is 0 Å². The summed E-state index contributed by atoms with van der Waals surface area (Å²) in [6, 6.07) is 9.46. The number of anilines is 4. The Morgan fingerprint density at radius 3 is 2.62 bits per heavy atom. The number of benzene rings is 2. The van der Waals surface area contributed by atoms with Crippen LogP contribution in [-0.2, 0) is 4.74 Å². The normalized spacial score (nSPS) is 13.8. The number of hydrogen-bond donors (Lipinski definition) is 2. The highest BCUT2D eigenvalue weighted by molar-refractivity contribution is 5.84. The van der Waals surface area contributed by atoms with Gasteiger partial charge in [0.15, 0.2) is 0 Å². The fraction of sp³-hybridized carbons (Fsp3) is 0.273. The van der Waals surface area contributed by atoms with Gasteiger partial charge in [0.25, 0.3) is 5.69 Å². The highest BCUT2D eigenvalue weighted by Gasteiger charge is 2.17. The maximum absolute atomic E-state index is 12.0. The summed E-state index contributed by atoms with van der Waals surface area (Å²) >= 11 is 0. The number of nitrogens with zero attached hydrogens (tertiary/aromatic N) is 6. The van der Waals surface area contributed by atoms with Crippen LogP contribution in [0.1, 0.15) is 16.7 Å². The van der Waals surface area contributed by atoms with Gasteiger partial charge in [-0.2, -0.15) is 20.1 Å². The van der Waals surface area contributed by atoms with Crippen LogP contribution in [0.3, 0.4) is 0 Å². The topological polar surface area (TPSA) is 154 Å². The van der Waals surface area contributed by atoms with E-state index in [1.165, 1.54) is 6.21 Å². The van der Waals surface area contributed by atoms with Gasteiger partial charge in [-0.05, 0) is 36.6 Å². The molecule has 2 N–H and O–H groups in total. The molecule has 3 aromatic rings. The van der Waals surface area contributed by atoms with Crippen molar-refractivity contribution < 1.29 is 14.8 Å². The number of hydrazone groups is 1. The van der Waals surface area contributed by atoms with Crippen LogP contribution in [0.25, 0.3) is 0 Å². The molecule has 1 aliphatic heterocycles. The van der Waals surface area contributed by atoms with Gasteiger partial charge in [-0.3, -0.25) is 10.1 Å². The Labute approximate surface area is 195 Å². The van der Waals surface area contributed by atoms with Crippen LogP contribution in [-0.4, -0.2) is 52.4 Å². The first-order valence-electron chi connectivity index (χ1n) is 10.6. The molecule has 0 aliphatic carbocycles. The van der Waals surface area contributed by atoms with E-state index in [2.05, 4.69) is 30.8 Å². The number of hydrogen-bond acceptors (Lipinski definition) is 11. The third-order valence-electron chi connectivity index (χ3n) is 5.13. The van der Waals surface area contributed by atoms with Gasteiger partial charge in [0.1, 0.15) is 0 Å². The van der Waals surface area contributed by atoms with Gasteiger partial charge in [0, 0.05) is 30.9 Å². The van der Waals surface area contributed by atoms with Gasteiger partial charge in [-0.15, -0.1) is 0 Å². The van der Waals surface area contributed by atoms with E-state index in [-0.39, 0.29) is 17.2 Å². The fourth-order valence-electron chi connectivity index (χ4n) is 3.28. The molecule has 176 valence electrons. The van der Waals surface area contributed by atoms with Crippen molar-refractivity contribution in [2.75, 3.05) is 41.9 Å². The molecule has 34 heavy (non-hydrogen) atoms. The lowest BCUT2D eigenvalue weighted by atomic mass is 10.1. The van der Waals surface area contributed by atoms with E-state index in [9.17, 15) is 15.2 Å². The van der Waals surface area contributed by atoms with Crippen molar-refractivity contribution in [1.29, 1.82) is 0 Å². The van der Waals surface area contributed by atoms with Crippen LogP contribution in [0.15, 0.2) is 41.5 Å². The van der Waals surface area contributed by atoms with E-state index in [0.717, 1.165) is 35.0 Å². The molecule has 12 nitrogen and oxygen atoms in total. The number of nitrogens with one attached hydrogen (secondary N) is 2. The Hall–Kier alpha value is -4.32. The third-order valence-corrected chi connectivity index (χ3v) is 5.13. The first-order chi connectivity index (χ1) is 16.4. The number of morpholine rings is 1. The molecular formula is C22H23N8O4-. The van der Waals surface area contributed by atoms with Crippen molar-refractivity contribution >= 4 is 35.4 Å². The van der Waals surface area contributed by atoms with E-state index in [0.29, 0.717) is 38.2 Å². The second kappa shape index (κ2) is 10.1. The number of non-ortho nitro benzene ring substituents is 1. The Bertz CT molecular complexity index is 1230. The number of nitro groups is 1. The zero-order valence-corrected chi connectivity index (χ0v) is 18.7. The predicted octanol–water partition coefficient (Wildman–Crippen LogP) is 2.50. The molecule has 0 amide bonds. The second-order valence-electron chi connectivity index (χ2n) is 7.67. The van der Waals surface area contributed by atoms with Gasteiger partial charge in [0.2, 0.25) is 17.8 Å². The molecule has 4 rings (SSSR count). The van der Waals surface area contributed by atoms with Crippen LogP contribution in [0.5, 0.6) is 5.75 Å². The summed E-state index contributed by atoms with van der Waals surface area (Å²) in [4.78, 5) is 25.8. The minimum Gasteiger partial charge on any atom is -0.872 e. The molecule has 0 unspecified atom stereocenters. The third kappa shape index (κ3) is 5.53. The highest BCUT2D eigenvalue weighted by Crippen LogP contribution is 2.23. The van der Waals surface area contributed by atoms with Gasteiger partial charge in [0.05, 0.1) is 24.4 Å². The summed E-state index contributed by atoms with van der Waals surface area (Å²) in [7, 11) is 0. The van der Waals surface area contributed by atoms with Crippen molar-refractivity contribution in [2.24, 2.45) is 5.10 Å². The molecule has 0 saturated carbocycles. The largest absolute Gasteiger partial charge is 0.872 e. The summed E-state index contributed by atoms with van der Waals surface area (Å²) in [6.45, 7) is 6.36. The maximum atomic E-state index is 12.0. The van der Waals surface area contributed by atoms with Crippen molar-refractivity contribution in [2.45, 2.75) is 13.8 Å². The molecule has 1 fully saturated rings. The number of aromatic nitrogens is 3. The average molecular weight is 463 g/mol. The SMILES string of the molecule is Cc1ccc(C)c(Nc2nc(N/N=C\c3cc([N+](=O)[O-])ccc3[O-])nc(N3CCOCC3)n2)c1. The molecule has 1 aliphatic rings. The van der Waals surface area contributed by atoms with E-state index in [1.54, 1.807) is 0 Å². The molecule has 1 aromatic heterocycles. The summed E-state index contributed by atoms with van der Waals surface area (Å²) in [6.07, 6.45) is 1.20. The molecule has 2 heterocycles. The molecule has 1 saturated heterocycles. The Kier molecular flexibility index (Phi) is 6.78. The molecule has 0 spiro atoms. The lowest BCUT2D eigenvalue weighted by Gasteiger charge is -2.27. The van der Waals surface area contributed by atoms with Gasteiger partial charge in [-0.25, -0.2) is 5.43 Å². The number of aryl methyl sites for hydroxylation is 2. The highest BCUT2D eigenvalue weighted by atomic mass is 16.6. The summed E-state index contributed by atoms with van der Waals surface area (Å²) in [5, 5.41) is 30.2. The quantitative estimate of drug-likeness (QED) is 0.303. The fourth-order valence-corrected chi connectivity index (χ4v) is 3.28. The van der Waals surface area contributed by atoms with Crippen molar-refractivity contribution in [1.82, 2.24) is 15.0 Å². The Morgan fingerprint density at radius 1 is 1.09 bits per heavy atom. The summed E-state index contributed by atoms with van der Waals surface area (Å²) in [5.41, 5.74) is 5.55. The van der Waals surface area contributed by atoms with Gasteiger partial charge >= 0.3 is 0 Å². The van der Waals surface area contributed by atoms with Gasteiger partial charge in [-0.1, -0.05) is 23.9 Å². The smallest absolute Gasteiger partial charge is 0.270 e. The monoisotopic (exact) mass is 463 g/mol. The second-order valence-corrected chi connectivity index (χ2v) is 7.67. The number of ether oxygens (including phenoxy) is 1. The summed E-state index contributed by atoms with van der Waals surface area (Å²) in [5.74, 6) is 0.530. The number of rotatable bonds is 7. The zero-order valence-electron chi connectivity index (χ0n) is 18.7. The van der Waals surface area contributed by atoms with Crippen LogP contribution in [0.4, 0.5) is 29.2 Å². The van der Waals surface area contributed by atoms with Crippen LogP contribution >= 0.6 is 0 Å². The van der Waals surface area contributed by atoms with Crippen LogP contribution in [0, 0.1) is 24.0 Å². The summed E-state index contributed by atoms with van der Waals surface area (Å²) < 4.78 is 5.41. The van der Waals surface area contributed by atoms with Crippen LogP contribution < -0.4 is 20.7 Å². The average Bonchev–Trinajstić information content (AvgIpc) is 2.83. The predicted molar refractivity (Wildman–Crippen MR) is 126 cm³/mol. The van der Waals surface area contributed by atoms with E-state index in [4.69, 9.17) is 4.74 Å². The minimum absolute atomic E-state index is 0.0675. The van der Waals surface area contributed by atoms with E-state index in [1.807, 2.05) is 36.9 Å². The zero-order chi connectivity index (χ0) is 24.1. The number of nitro benzene ring substituents is 1. The van der Waals surface area contributed by atoms with Crippen molar-refractivity contribution in [3.8, 4) is 5.75 Å². The molecule has 0 radical (unpaired) electrons. The maximum Gasteiger partial charge on any atom is 0.270 e. The van der Waals surface area contributed by atoms with Gasteiger partial charge < -0.3 is 20.1 Å². The lowest BCUT2D eigenvalue weighted by Crippen LogP contribution is -2.37. The first kappa shape index (κ1) is 22.9. The van der Waals surface area contributed by atoms with E-state index < -0.39 is 10.7 Å². The molecule has 2 aromatic carbocycles. The first-order valence-corrected chi connectivity index (χ1v) is 10.6. The molecule has 0 atom stereocenters. The van der Waals surface area contributed by atoms with Crippen LogP contribution in [0.2, 0.25) is 0 Å². The Balaban J connectivity index is 1.61. The molecule has 12 heteroatoms. The molecule has 0 bridgehead atoms. The minimum atomic E-state index is -0.573. The van der Waals surface area contributed by atoms with Crippen molar-refractivity contribution in [3.05, 3.63) is 63.2 Å². The molecular weight excluding hydrogens is 440 g/mol.